The fourth-order valence-corrected chi connectivity index (χ4v) is 3.82. The number of nitrogens with zero attached hydrogens (tertiary/aromatic N) is 1. The average molecular weight is 423 g/mol. The number of benzene rings is 3. The van der Waals surface area contributed by atoms with Crippen molar-refractivity contribution in [3.05, 3.63) is 106 Å². The van der Waals surface area contributed by atoms with E-state index in [1.165, 1.54) is 23.1 Å². The van der Waals surface area contributed by atoms with Crippen LogP contribution in [0.2, 0.25) is 5.02 Å². The van der Waals surface area contributed by atoms with Crippen LogP contribution in [-0.2, 0) is 17.8 Å². The standard InChI is InChI=1S/C24H20ClFN2O2/c25-18-8-6-16(7-9-18)12-13-28-22(21-14-19(26)10-11-20(21)24(28)30)23(29)27-15-17-4-2-1-3-5-17/h1-11,14,22H,12-13,15H2,(H,27,29). The van der Waals surface area contributed by atoms with Crippen molar-refractivity contribution in [3.8, 4) is 0 Å². The van der Waals surface area contributed by atoms with Gasteiger partial charge in [-0.15, -0.1) is 0 Å². The number of nitrogens with one attached hydrogen (secondary N) is 1. The zero-order valence-corrected chi connectivity index (χ0v) is 16.9. The highest BCUT2D eigenvalue weighted by Gasteiger charge is 2.40. The van der Waals surface area contributed by atoms with Crippen molar-refractivity contribution in [3.63, 3.8) is 0 Å². The predicted octanol–water partition coefficient (Wildman–Crippen LogP) is 4.54. The molecule has 3 aromatic rings. The van der Waals surface area contributed by atoms with E-state index in [0.717, 1.165) is 11.1 Å². The van der Waals surface area contributed by atoms with E-state index in [1.807, 2.05) is 42.5 Å². The number of fused-ring (bicyclic) bond motifs is 1. The number of carbonyl (C=O) groups is 2. The van der Waals surface area contributed by atoms with Crippen molar-refractivity contribution in [2.24, 2.45) is 0 Å². The van der Waals surface area contributed by atoms with Gasteiger partial charge in [0.2, 0.25) is 5.91 Å². The van der Waals surface area contributed by atoms with Gasteiger partial charge < -0.3 is 10.2 Å². The second kappa shape index (κ2) is 8.67. The lowest BCUT2D eigenvalue weighted by Gasteiger charge is -2.25. The van der Waals surface area contributed by atoms with E-state index in [-0.39, 0.29) is 11.8 Å². The maximum atomic E-state index is 13.9. The van der Waals surface area contributed by atoms with Crippen molar-refractivity contribution < 1.29 is 14.0 Å². The first-order valence-corrected chi connectivity index (χ1v) is 10.1. The fraction of sp³-hybridized carbons (Fsp3) is 0.167. The third-order valence-corrected chi connectivity index (χ3v) is 5.48. The predicted molar refractivity (Wildman–Crippen MR) is 114 cm³/mol. The summed E-state index contributed by atoms with van der Waals surface area (Å²) < 4.78 is 13.9. The van der Waals surface area contributed by atoms with E-state index < -0.39 is 11.9 Å². The van der Waals surface area contributed by atoms with Gasteiger partial charge in [-0.3, -0.25) is 9.59 Å². The summed E-state index contributed by atoms with van der Waals surface area (Å²) in [5, 5.41) is 3.52. The maximum Gasteiger partial charge on any atom is 0.255 e. The Morgan fingerprint density at radius 3 is 2.47 bits per heavy atom. The van der Waals surface area contributed by atoms with E-state index in [2.05, 4.69) is 5.32 Å². The molecule has 1 aliphatic heterocycles. The van der Waals surface area contributed by atoms with Crippen LogP contribution in [0.25, 0.3) is 0 Å². The van der Waals surface area contributed by atoms with Gasteiger partial charge in [0.05, 0.1) is 0 Å². The Bertz CT molecular complexity index is 1070. The summed E-state index contributed by atoms with van der Waals surface area (Å²) in [5.74, 6) is -1.06. The highest BCUT2D eigenvalue weighted by molar-refractivity contribution is 6.30. The summed E-state index contributed by atoms with van der Waals surface area (Å²) in [6.07, 6.45) is 0.557. The molecule has 0 bridgehead atoms. The number of hydrogen-bond donors (Lipinski definition) is 1. The molecule has 1 atom stereocenters. The van der Waals surface area contributed by atoms with E-state index >= 15 is 0 Å². The lowest BCUT2D eigenvalue weighted by Crippen LogP contribution is -2.39. The molecule has 0 fully saturated rings. The van der Waals surface area contributed by atoms with Gasteiger partial charge >= 0.3 is 0 Å². The van der Waals surface area contributed by atoms with Crippen LogP contribution in [-0.4, -0.2) is 23.3 Å². The average Bonchev–Trinajstić information content (AvgIpc) is 3.03. The molecule has 0 saturated heterocycles. The van der Waals surface area contributed by atoms with Crippen LogP contribution in [0.4, 0.5) is 4.39 Å². The number of halogens is 2. The maximum absolute atomic E-state index is 13.9. The van der Waals surface area contributed by atoms with Gasteiger partial charge in [0.25, 0.3) is 5.91 Å². The summed E-state index contributed by atoms with van der Waals surface area (Å²) in [7, 11) is 0. The molecule has 1 N–H and O–H groups in total. The smallest absolute Gasteiger partial charge is 0.255 e. The molecule has 0 saturated carbocycles. The van der Waals surface area contributed by atoms with Crippen molar-refractivity contribution in [1.29, 1.82) is 0 Å². The van der Waals surface area contributed by atoms with Crippen molar-refractivity contribution in [2.75, 3.05) is 6.54 Å². The van der Waals surface area contributed by atoms with Crippen LogP contribution in [0.15, 0.2) is 72.8 Å². The van der Waals surface area contributed by atoms with Crippen molar-refractivity contribution >= 4 is 23.4 Å². The Hall–Kier alpha value is -3.18. The van der Waals surface area contributed by atoms with E-state index in [0.29, 0.717) is 35.7 Å². The van der Waals surface area contributed by atoms with Gasteiger partial charge in [0.1, 0.15) is 11.9 Å². The zero-order chi connectivity index (χ0) is 21.1. The monoisotopic (exact) mass is 422 g/mol. The molecule has 1 heterocycles. The lowest BCUT2D eigenvalue weighted by atomic mass is 10.0. The van der Waals surface area contributed by atoms with Crippen LogP contribution < -0.4 is 5.32 Å². The third kappa shape index (κ3) is 4.21. The third-order valence-electron chi connectivity index (χ3n) is 5.22. The molecule has 1 unspecified atom stereocenters. The minimum atomic E-state index is -0.862. The Labute approximate surface area is 179 Å². The molecule has 0 aliphatic carbocycles. The van der Waals surface area contributed by atoms with Gasteiger partial charge in [-0.25, -0.2) is 4.39 Å². The fourth-order valence-electron chi connectivity index (χ4n) is 3.69. The Morgan fingerprint density at radius 2 is 1.73 bits per heavy atom. The molecule has 4 nitrogen and oxygen atoms in total. The molecule has 6 heteroatoms. The van der Waals surface area contributed by atoms with Crippen molar-refractivity contribution in [1.82, 2.24) is 10.2 Å². The first-order valence-electron chi connectivity index (χ1n) is 9.69. The summed E-state index contributed by atoms with van der Waals surface area (Å²) >= 11 is 5.93. The summed E-state index contributed by atoms with van der Waals surface area (Å²) in [4.78, 5) is 27.5. The van der Waals surface area contributed by atoms with E-state index in [4.69, 9.17) is 11.6 Å². The highest BCUT2D eigenvalue weighted by Crippen LogP contribution is 2.34. The SMILES string of the molecule is O=C(NCc1ccccc1)C1c2cc(F)ccc2C(=O)N1CCc1ccc(Cl)cc1. The Balaban J connectivity index is 1.56. The molecule has 2 amide bonds. The molecule has 152 valence electrons. The van der Waals surface area contributed by atoms with E-state index in [1.54, 1.807) is 12.1 Å². The molecule has 0 radical (unpaired) electrons. The van der Waals surface area contributed by atoms with Crippen LogP contribution >= 0.6 is 11.6 Å². The molecule has 0 spiro atoms. The van der Waals surface area contributed by atoms with Gasteiger partial charge in [-0.2, -0.15) is 0 Å². The molecular weight excluding hydrogens is 403 g/mol. The minimum absolute atomic E-state index is 0.265. The van der Waals surface area contributed by atoms with Crippen LogP contribution in [0.5, 0.6) is 0 Å². The van der Waals surface area contributed by atoms with Gasteiger partial charge in [-0.1, -0.05) is 54.1 Å². The molecule has 1 aliphatic rings. The lowest BCUT2D eigenvalue weighted by molar-refractivity contribution is -0.125. The van der Waals surface area contributed by atoms with Crippen LogP contribution in [0.3, 0.4) is 0 Å². The topological polar surface area (TPSA) is 49.4 Å². The molecule has 3 aromatic carbocycles. The second-order valence-corrected chi connectivity index (χ2v) is 7.65. The zero-order valence-electron chi connectivity index (χ0n) is 16.1. The normalized spacial score (nSPS) is 15.2. The Kier molecular flexibility index (Phi) is 5.81. The number of hydrogen-bond acceptors (Lipinski definition) is 2. The van der Waals surface area contributed by atoms with Gasteiger partial charge in [0.15, 0.2) is 0 Å². The number of rotatable bonds is 6. The summed E-state index contributed by atoms with van der Waals surface area (Å²) in [6, 6.07) is 20.0. The first-order chi connectivity index (χ1) is 14.5. The van der Waals surface area contributed by atoms with E-state index in [9.17, 15) is 14.0 Å². The summed E-state index contributed by atoms with van der Waals surface area (Å²) in [6.45, 7) is 0.667. The molecule has 0 aromatic heterocycles. The second-order valence-electron chi connectivity index (χ2n) is 7.21. The van der Waals surface area contributed by atoms with Gasteiger partial charge in [0, 0.05) is 23.7 Å². The quantitative estimate of drug-likeness (QED) is 0.634. The molecular formula is C24H20ClFN2O2. The number of carbonyl (C=O) groups excluding carboxylic acids is 2. The largest absolute Gasteiger partial charge is 0.350 e. The molecule has 30 heavy (non-hydrogen) atoms. The minimum Gasteiger partial charge on any atom is -0.350 e. The van der Waals surface area contributed by atoms with Crippen molar-refractivity contribution in [2.45, 2.75) is 19.0 Å². The van der Waals surface area contributed by atoms with Gasteiger partial charge in [-0.05, 0) is 53.4 Å². The number of amides is 2. The highest BCUT2D eigenvalue weighted by atomic mass is 35.5. The first kappa shape index (κ1) is 20.1. The van der Waals surface area contributed by atoms with Crippen LogP contribution in [0, 0.1) is 5.82 Å². The van der Waals surface area contributed by atoms with Crippen LogP contribution in [0.1, 0.15) is 33.1 Å². The summed E-state index contributed by atoms with van der Waals surface area (Å²) in [5.41, 5.74) is 2.72. The molecule has 4 rings (SSSR count). The Morgan fingerprint density at radius 1 is 1.00 bits per heavy atom.